The number of rotatable bonds is 5. The second-order valence-corrected chi connectivity index (χ2v) is 14.6. The summed E-state index contributed by atoms with van der Waals surface area (Å²) in [5.74, 6) is 0. The summed E-state index contributed by atoms with van der Waals surface area (Å²) in [5.41, 5.74) is 20.6. The van der Waals surface area contributed by atoms with E-state index >= 15 is 0 Å². The Kier molecular flexibility index (Phi) is 7.12. The van der Waals surface area contributed by atoms with Crippen molar-refractivity contribution in [2.45, 2.75) is 70.6 Å². The SMILES string of the molecule is CC1(C)c2ccccc2-c2ccc(N(c3ccc(-c4cccc5c4CCCC5)cc3)c3ccc(-c4cccc5c4CCCC5)cc3)cc21. The van der Waals surface area contributed by atoms with E-state index in [1.807, 2.05) is 0 Å². The Morgan fingerprint density at radius 3 is 1.48 bits per heavy atom. The molecule has 0 N–H and O–H groups in total. The maximum atomic E-state index is 2.45. The lowest BCUT2D eigenvalue weighted by molar-refractivity contribution is 0.660. The molecule has 0 saturated carbocycles. The third kappa shape index (κ3) is 4.83. The lowest BCUT2D eigenvalue weighted by Crippen LogP contribution is -2.16. The molecule has 1 nitrogen and oxygen atoms in total. The number of fused-ring (bicyclic) bond motifs is 5. The summed E-state index contributed by atoms with van der Waals surface area (Å²) in [6.07, 6.45) is 9.96. The summed E-state index contributed by atoms with van der Waals surface area (Å²) in [6, 6.07) is 48.5. The van der Waals surface area contributed by atoms with E-state index in [0.717, 1.165) is 0 Å². The first-order chi connectivity index (χ1) is 23.6. The van der Waals surface area contributed by atoms with Crippen molar-refractivity contribution >= 4 is 17.1 Å². The highest BCUT2D eigenvalue weighted by Gasteiger charge is 2.35. The van der Waals surface area contributed by atoms with Gasteiger partial charge in [-0.25, -0.2) is 0 Å². The summed E-state index contributed by atoms with van der Waals surface area (Å²) >= 11 is 0. The highest BCUT2D eigenvalue weighted by molar-refractivity contribution is 5.86. The molecule has 0 amide bonds. The van der Waals surface area contributed by atoms with Crippen molar-refractivity contribution in [3.05, 3.63) is 161 Å². The van der Waals surface area contributed by atoms with Gasteiger partial charge in [0.1, 0.15) is 0 Å². The molecule has 6 aromatic carbocycles. The molecule has 0 heterocycles. The lowest BCUT2D eigenvalue weighted by atomic mass is 9.82. The maximum Gasteiger partial charge on any atom is 0.0465 e. The van der Waals surface area contributed by atoms with Crippen LogP contribution in [0.2, 0.25) is 0 Å². The lowest BCUT2D eigenvalue weighted by Gasteiger charge is -2.28. The van der Waals surface area contributed by atoms with Gasteiger partial charge >= 0.3 is 0 Å². The fourth-order valence-corrected chi connectivity index (χ4v) is 8.96. The zero-order valence-electron chi connectivity index (χ0n) is 28.2. The Bertz CT molecular complexity index is 2050. The Balaban J connectivity index is 1.14. The number of hydrogen-bond acceptors (Lipinski definition) is 1. The van der Waals surface area contributed by atoms with E-state index in [2.05, 4.69) is 146 Å². The van der Waals surface area contributed by atoms with E-state index in [-0.39, 0.29) is 5.41 Å². The van der Waals surface area contributed by atoms with Gasteiger partial charge in [0.05, 0.1) is 0 Å². The summed E-state index contributed by atoms with van der Waals surface area (Å²) in [5, 5.41) is 0. The second-order valence-electron chi connectivity index (χ2n) is 14.6. The molecule has 3 aliphatic rings. The van der Waals surface area contributed by atoms with Crippen LogP contribution in [0.15, 0.2) is 127 Å². The molecule has 0 spiro atoms. The minimum absolute atomic E-state index is 0.0554. The van der Waals surface area contributed by atoms with E-state index in [1.165, 1.54) is 124 Å². The summed E-state index contributed by atoms with van der Waals surface area (Å²) < 4.78 is 0. The highest BCUT2D eigenvalue weighted by atomic mass is 15.1. The standard InChI is InChI=1S/C47H43N/c1-47(2)45-20-8-7-17-43(45)44-30-29-38(31-46(44)47)48(36-25-21-34(22-26-36)41-18-9-13-32-11-3-5-15-39(32)41)37-27-23-35(24-28-37)42-19-10-14-33-12-4-6-16-40(33)42/h7-10,13-14,17-31H,3-6,11-12,15-16H2,1-2H3. The van der Waals surface area contributed by atoms with Gasteiger partial charge in [-0.05, 0) is 155 Å². The molecular formula is C47H43N. The quantitative estimate of drug-likeness (QED) is 0.185. The molecule has 0 fully saturated rings. The van der Waals surface area contributed by atoms with Gasteiger partial charge in [0.25, 0.3) is 0 Å². The number of aryl methyl sites for hydroxylation is 2. The van der Waals surface area contributed by atoms with Crippen LogP contribution in [0, 0.1) is 0 Å². The van der Waals surface area contributed by atoms with Gasteiger partial charge in [0, 0.05) is 22.5 Å². The van der Waals surface area contributed by atoms with E-state index < -0.39 is 0 Å². The van der Waals surface area contributed by atoms with E-state index in [1.54, 1.807) is 11.1 Å². The van der Waals surface area contributed by atoms with Crippen LogP contribution in [0.1, 0.15) is 72.9 Å². The predicted molar refractivity (Wildman–Crippen MR) is 203 cm³/mol. The smallest absolute Gasteiger partial charge is 0.0465 e. The Labute approximate surface area is 285 Å². The zero-order chi connectivity index (χ0) is 32.2. The van der Waals surface area contributed by atoms with Crippen molar-refractivity contribution < 1.29 is 0 Å². The molecule has 48 heavy (non-hydrogen) atoms. The Hall–Kier alpha value is -4.88. The molecule has 0 saturated heterocycles. The Morgan fingerprint density at radius 1 is 0.417 bits per heavy atom. The van der Waals surface area contributed by atoms with Gasteiger partial charge in [-0.3, -0.25) is 0 Å². The Morgan fingerprint density at radius 2 is 0.896 bits per heavy atom. The third-order valence-electron chi connectivity index (χ3n) is 11.5. The first-order valence-electron chi connectivity index (χ1n) is 18.0. The van der Waals surface area contributed by atoms with Gasteiger partial charge < -0.3 is 4.90 Å². The van der Waals surface area contributed by atoms with Crippen LogP contribution in [0.25, 0.3) is 33.4 Å². The minimum atomic E-state index is -0.0554. The molecular weight excluding hydrogens is 579 g/mol. The average molecular weight is 622 g/mol. The van der Waals surface area contributed by atoms with E-state index in [4.69, 9.17) is 0 Å². The first-order valence-corrected chi connectivity index (χ1v) is 18.0. The largest absolute Gasteiger partial charge is 0.310 e. The van der Waals surface area contributed by atoms with Crippen LogP contribution in [0.4, 0.5) is 17.1 Å². The van der Waals surface area contributed by atoms with Gasteiger partial charge in [0.15, 0.2) is 0 Å². The van der Waals surface area contributed by atoms with Crippen LogP contribution in [0.3, 0.4) is 0 Å². The van der Waals surface area contributed by atoms with Crippen LogP contribution in [0.5, 0.6) is 0 Å². The zero-order valence-corrected chi connectivity index (χ0v) is 28.2. The third-order valence-corrected chi connectivity index (χ3v) is 11.5. The van der Waals surface area contributed by atoms with Crippen molar-refractivity contribution in [1.82, 2.24) is 0 Å². The molecule has 1 heteroatoms. The molecule has 0 unspecified atom stereocenters. The van der Waals surface area contributed by atoms with Crippen LogP contribution >= 0.6 is 0 Å². The monoisotopic (exact) mass is 621 g/mol. The van der Waals surface area contributed by atoms with Crippen molar-refractivity contribution in [3.63, 3.8) is 0 Å². The molecule has 9 rings (SSSR count). The molecule has 236 valence electrons. The average Bonchev–Trinajstić information content (AvgIpc) is 3.37. The molecule has 0 atom stereocenters. The van der Waals surface area contributed by atoms with Crippen molar-refractivity contribution in [3.8, 4) is 33.4 Å². The number of anilines is 3. The summed E-state index contributed by atoms with van der Waals surface area (Å²) in [4.78, 5) is 2.45. The van der Waals surface area contributed by atoms with Crippen molar-refractivity contribution in [2.24, 2.45) is 0 Å². The highest BCUT2D eigenvalue weighted by Crippen LogP contribution is 2.50. The van der Waals surface area contributed by atoms with Gasteiger partial charge in [-0.15, -0.1) is 0 Å². The maximum absolute atomic E-state index is 2.45. The fraction of sp³-hybridized carbons (Fsp3) is 0.234. The molecule has 0 bridgehead atoms. The van der Waals surface area contributed by atoms with Gasteiger partial charge in [-0.2, -0.15) is 0 Å². The molecule has 0 aliphatic heterocycles. The van der Waals surface area contributed by atoms with Crippen LogP contribution in [-0.4, -0.2) is 0 Å². The number of nitrogens with zero attached hydrogens (tertiary/aromatic N) is 1. The first kappa shape index (κ1) is 29.3. The topological polar surface area (TPSA) is 3.24 Å². The normalized spacial score (nSPS) is 15.6. The van der Waals surface area contributed by atoms with E-state index in [0.29, 0.717) is 0 Å². The number of benzene rings is 6. The van der Waals surface area contributed by atoms with Crippen molar-refractivity contribution in [1.29, 1.82) is 0 Å². The number of hydrogen-bond donors (Lipinski definition) is 0. The fourth-order valence-electron chi connectivity index (χ4n) is 8.96. The van der Waals surface area contributed by atoms with Gasteiger partial charge in [-0.1, -0.05) is 105 Å². The van der Waals surface area contributed by atoms with Crippen LogP contribution in [-0.2, 0) is 31.1 Å². The molecule has 3 aliphatic carbocycles. The second kappa shape index (κ2) is 11.7. The van der Waals surface area contributed by atoms with E-state index in [9.17, 15) is 0 Å². The predicted octanol–water partition coefficient (Wildman–Crippen LogP) is 12.6. The summed E-state index contributed by atoms with van der Waals surface area (Å²) in [7, 11) is 0. The van der Waals surface area contributed by atoms with Gasteiger partial charge in [0.2, 0.25) is 0 Å². The van der Waals surface area contributed by atoms with Crippen molar-refractivity contribution in [2.75, 3.05) is 4.90 Å². The molecule has 6 aromatic rings. The molecule has 0 radical (unpaired) electrons. The molecule has 0 aromatic heterocycles. The summed E-state index contributed by atoms with van der Waals surface area (Å²) in [6.45, 7) is 4.74. The van der Waals surface area contributed by atoms with Crippen LogP contribution < -0.4 is 4.90 Å². The minimum Gasteiger partial charge on any atom is -0.310 e.